The molecule has 0 saturated heterocycles. The van der Waals surface area contributed by atoms with Gasteiger partial charge in [0.15, 0.2) is 0 Å². The van der Waals surface area contributed by atoms with E-state index in [1.54, 1.807) is 0 Å². The van der Waals surface area contributed by atoms with Crippen LogP contribution in [0.4, 0.5) is 0 Å². The summed E-state index contributed by atoms with van der Waals surface area (Å²) in [4.78, 5) is 11.1. The summed E-state index contributed by atoms with van der Waals surface area (Å²) in [5.41, 5.74) is 0. The van der Waals surface area contributed by atoms with Crippen LogP contribution in [-0.2, 0) is 9.53 Å². The van der Waals surface area contributed by atoms with Gasteiger partial charge in [-0.1, -0.05) is 45.4 Å². The summed E-state index contributed by atoms with van der Waals surface area (Å²) in [6.07, 6.45) is 11.9. The van der Waals surface area contributed by atoms with Crippen molar-refractivity contribution in [2.75, 3.05) is 19.7 Å². The van der Waals surface area contributed by atoms with E-state index in [0.717, 1.165) is 32.4 Å². The van der Waals surface area contributed by atoms with Gasteiger partial charge in [-0.3, -0.25) is 4.79 Å². The van der Waals surface area contributed by atoms with E-state index in [2.05, 4.69) is 12.2 Å². The van der Waals surface area contributed by atoms with Gasteiger partial charge in [-0.25, -0.2) is 0 Å². The van der Waals surface area contributed by atoms with Gasteiger partial charge in [0.2, 0.25) is 0 Å². The summed E-state index contributed by atoms with van der Waals surface area (Å²) in [6.45, 7) is 6.83. The maximum Gasteiger partial charge on any atom is 0.305 e. The minimum atomic E-state index is -0.0532. The molecular formula is C16H33NO2. The largest absolute Gasteiger partial charge is 0.466 e. The Morgan fingerprint density at radius 2 is 1.42 bits per heavy atom. The van der Waals surface area contributed by atoms with Crippen molar-refractivity contribution >= 4 is 5.97 Å². The van der Waals surface area contributed by atoms with Crippen molar-refractivity contribution in [1.82, 2.24) is 5.32 Å². The monoisotopic (exact) mass is 271 g/mol. The van der Waals surface area contributed by atoms with Crippen LogP contribution in [0.15, 0.2) is 0 Å². The SMILES string of the molecule is CCCCCCCCNCCCCCC(=O)OCC. The third-order valence-electron chi connectivity index (χ3n) is 3.25. The molecule has 0 saturated carbocycles. The van der Waals surface area contributed by atoms with Gasteiger partial charge in [0.25, 0.3) is 0 Å². The number of rotatable bonds is 14. The van der Waals surface area contributed by atoms with Crippen LogP contribution >= 0.6 is 0 Å². The number of ether oxygens (including phenoxy) is 1. The molecule has 0 aliphatic rings. The first-order chi connectivity index (χ1) is 9.31. The Morgan fingerprint density at radius 3 is 2.05 bits per heavy atom. The molecule has 0 bridgehead atoms. The summed E-state index contributed by atoms with van der Waals surface area (Å²) in [5, 5.41) is 3.47. The van der Waals surface area contributed by atoms with E-state index in [0.29, 0.717) is 13.0 Å². The molecule has 0 aliphatic heterocycles. The maximum absolute atomic E-state index is 11.1. The standard InChI is InChI=1S/C16H33NO2/c1-3-5-6-7-8-11-14-17-15-12-9-10-13-16(18)19-4-2/h17H,3-15H2,1-2H3. The van der Waals surface area contributed by atoms with E-state index in [-0.39, 0.29) is 5.97 Å². The van der Waals surface area contributed by atoms with Crippen LogP contribution in [0.25, 0.3) is 0 Å². The van der Waals surface area contributed by atoms with Gasteiger partial charge >= 0.3 is 5.97 Å². The lowest BCUT2D eigenvalue weighted by molar-refractivity contribution is -0.143. The van der Waals surface area contributed by atoms with E-state index in [1.165, 1.54) is 38.5 Å². The number of carbonyl (C=O) groups excluding carboxylic acids is 1. The minimum Gasteiger partial charge on any atom is -0.466 e. The number of hydrogen-bond donors (Lipinski definition) is 1. The average molecular weight is 271 g/mol. The van der Waals surface area contributed by atoms with Crippen molar-refractivity contribution in [3.05, 3.63) is 0 Å². The fourth-order valence-corrected chi connectivity index (χ4v) is 2.08. The molecule has 0 aromatic heterocycles. The molecule has 19 heavy (non-hydrogen) atoms. The lowest BCUT2D eigenvalue weighted by Crippen LogP contribution is -2.16. The molecule has 1 N–H and O–H groups in total. The summed E-state index contributed by atoms with van der Waals surface area (Å²) >= 11 is 0. The maximum atomic E-state index is 11.1. The molecule has 114 valence electrons. The lowest BCUT2D eigenvalue weighted by atomic mass is 10.1. The van der Waals surface area contributed by atoms with Crippen molar-refractivity contribution < 1.29 is 9.53 Å². The Hall–Kier alpha value is -0.570. The van der Waals surface area contributed by atoms with Gasteiger partial charge in [-0.2, -0.15) is 0 Å². The molecule has 0 aliphatic carbocycles. The highest BCUT2D eigenvalue weighted by molar-refractivity contribution is 5.69. The van der Waals surface area contributed by atoms with Gasteiger partial charge in [0.05, 0.1) is 6.61 Å². The molecule has 0 radical (unpaired) electrons. The van der Waals surface area contributed by atoms with Crippen molar-refractivity contribution in [2.45, 2.75) is 78.1 Å². The first kappa shape index (κ1) is 18.4. The minimum absolute atomic E-state index is 0.0532. The molecule has 0 spiro atoms. The number of unbranched alkanes of at least 4 members (excludes halogenated alkanes) is 7. The lowest BCUT2D eigenvalue weighted by Gasteiger charge is -2.05. The molecule has 0 atom stereocenters. The van der Waals surface area contributed by atoms with Crippen LogP contribution in [0.5, 0.6) is 0 Å². The van der Waals surface area contributed by atoms with Gasteiger partial charge < -0.3 is 10.1 Å². The number of nitrogens with one attached hydrogen (secondary N) is 1. The second-order valence-corrected chi connectivity index (χ2v) is 5.13. The molecule has 0 aromatic carbocycles. The second kappa shape index (κ2) is 15.5. The number of esters is 1. The Balaban J connectivity index is 3.01. The van der Waals surface area contributed by atoms with Crippen LogP contribution in [0, 0.1) is 0 Å². The van der Waals surface area contributed by atoms with Crippen LogP contribution in [0.2, 0.25) is 0 Å². The van der Waals surface area contributed by atoms with Crippen molar-refractivity contribution in [3.8, 4) is 0 Å². The molecule has 3 heteroatoms. The highest BCUT2D eigenvalue weighted by Gasteiger charge is 2.00. The predicted molar refractivity (Wildman–Crippen MR) is 81.3 cm³/mol. The zero-order valence-corrected chi connectivity index (χ0v) is 13.0. The first-order valence-electron chi connectivity index (χ1n) is 8.17. The second-order valence-electron chi connectivity index (χ2n) is 5.13. The Labute approximate surface area is 119 Å². The Morgan fingerprint density at radius 1 is 0.842 bits per heavy atom. The molecule has 0 rings (SSSR count). The topological polar surface area (TPSA) is 38.3 Å². The molecule has 3 nitrogen and oxygen atoms in total. The zero-order chi connectivity index (χ0) is 14.2. The third kappa shape index (κ3) is 15.4. The van der Waals surface area contributed by atoms with Gasteiger partial charge in [0, 0.05) is 6.42 Å². The zero-order valence-electron chi connectivity index (χ0n) is 13.0. The molecule has 0 aromatic rings. The molecule has 0 heterocycles. The van der Waals surface area contributed by atoms with E-state index >= 15 is 0 Å². The van der Waals surface area contributed by atoms with Crippen molar-refractivity contribution in [3.63, 3.8) is 0 Å². The van der Waals surface area contributed by atoms with Crippen LogP contribution < -0.4 is 5.32 Å². The Bertz CT molecular complexity index is 195. The molecule has 0 amide bonds. The van der Waals surface area contributed by atoms with E-state index < -0.39 is 0 Å². The number of hydrogen-bond acceptors (Lipinski definition) is 3. The average Bonchev–Trinajstić information content (AvgIpc) is 2.40. The van der Waals surface area contributed by atoms with Gasteiger partial charge in [-0.05, 0) is 39.3 Å². The Kier molecular flexibility index (Phi) is 15.0. The molecule has 0 fully saturated rings. The van der Waals surface area contributed by atoms with E-state index in [4.69, 9.17) is 4.74 Å². The van der Waals surface area contributed by atoms with E-state index in [1.807, 2.05) is 6.92 Å². The third-order valence-corrected chi connectivity index (χ3v) is 3.25. The van der Waals surface area contributed by atoms with Gasteiger partial charge in [0.1, 0.15) is 0 Å². The normalized spacial score (nSPS) is 10.6. The number of carbonyl (C=O) groups is 1. The highest BCUT2D eigenvalue weighted by Crippen LogP contribution is 2.04. The molecule has 0 unspecified atom stereocenters. The highest BCUT2D eigenvalue weighted by atomic mass is 16.5. The summed E-state index contributed by atoms with van der Waals surface area (Å²) in [5.74, 6) is -0.0532. The predicted octanol–water partition coefficient (Wildman–Crippen LogP) is 4.06. The quantitative estimate of drug-likeness (QED) is 0.382. The fourth-order valence-electron chi connectivity index (χ4n) is 2.08. The van der Waals surface area contributed by atoms with Crippen LogP contribution in [0.1, 0.15) is 78.1 Å². The van der Waals surface area contributed by atoms with E-state index in [9.17, 15) is 4.79 Å². The summed E-state index contributed by atoms with van der Waals surface area (Å²) < 4.78 is 4.89. The van der Waals surface area contributed by atoms with Crippen molar-refractivity contribution in [2.24, 2.45) is 0 Å². The van der Waals surface area contributed by atoms with Crippen LogP contribution in [-0.4, -0.2) is 25.7 Å². The summed E-state index contributed by atoms with van der Waals surface area (Å²) in [6, 6.07) is 0. The van der Waals surface area contributed by atoms with Crippen LogP contribution in [0.3, 0.4) is 0 Å². The first-order valence-corrected chi connectivity index (χ1v) is 8.17. The summed E-state index contributed by atoms with van der Waals surface area (Å²) in [7, 11) is 0. The smallest absolute Gasteiger partial charge is 0.305 e. The fraction of sp³-hybridized carbons (Fsp3) is 0.938. The van der Waals surface area contributed by atoms with Gasteiger partial charge in [-0.15, -0.1) is 0 Å². The molecular weight excluding hydrogens is 238 g/mol. The van der Waals surface area contributed by atoms with Crippen molar-refractivity contribution in [1.29, 1.82) is 0 Å².